The van der Waals surface area contributed by atoms with E-state index >= 15 is 0 Å². The highest BCUT2D eigenvalue weighted by Gasteiger charge is 2.27. The fraction of sp³-hybridized carbons (Fsp3) is 0.273. The van der Waals surface area contributed by atoms with Crippen molar-refractivity contribution in [2.45, 2.75) is 18.9 Å². The van der Waals surface area contributed by atoms with Gasteiger partial charge in [0.2, 0.25) is 11.8 Å². The highest BCUT2D eigenvalue weighted by Crippen LogP contribution is 2.08. The van der Waals surface area contributed by atoms with E-state index in [1.807, 2.05) is 0 Å². The summed E-state index contributed by atoms with van der Waals surface area (Å²) < 4.78 is 0.625. The van der Waals surface area contributed by atoms with Gasteiger partial charge in [0.25, 0.3) is 5.91 Å². The maximum Gasteiger partial charge on any atom is 0.253 e. The van der Waals surface area contributed by atoms with Gasteiger partial charge < -0.3 is 5.32 Å². The van der Waals surface area contributed by atoms with Gasteiger partial charge in [-0.05, 0) is 34.5 Å². The van der Waals surface area contributed by atoms with Gasteiger partial charge in [-0.25, -0.2) is 4.98 Å². The Morgan fingerprint density at radius 3 is 2.83 bits per heavy atom. The van der Waals surface area contributed by atoms with Crippen LogP contribution in [0.3, 0.4) is 0 Å². The quantitative estimate of drug-likeness (QED) is 0.610. The molecule has 1 aromatic heterocycles. The Morgan fingerprint density at radius 1 is 1.44 bits per heavy atom. The molecule has 1 saturated heterocycles. The molecule has 2 heterocycles. The van der Waals surface area contributed by atoms with Crippen LogP contribution in [-0.2, 0) is 9.59 Å². The number of hydrogen-bond acceptors (Lipinski definition) is 4. The Labute approximate surface area is 111 Å². The fourth-order valence-corrected chi connectivity index (χ4v) is 1.82. The highest BCUT2D eigenvalue weighted by molar-refractivity contribution is 9.10. The van der Waals surface area contributed by atoms with Gasteiger partial charge in [0.15, 0.2) is 0 Å². The third kappa shape index (κ3) is 2.92. The van der Waals surface area contributed by atoms with Gasteiger partial charge in [0.1, 0.15) is 10.6 Å². The summed E-state index contributed by atoms with van der Waals surface area (Å²) in [6.07, 6.45) is 1.96. The van der Waals surface area contributed by atoms with Crippen LogP contribution < -0.4 is 10.6 Å². The minimum Gasteiger partial charge on any atom is -0.340 e. The topological polar surface area (TPSA) is 88.2 Å². The Hall–Kier alpha value is -1.76. The van der Waals surface area contributed by atoms with Gasteiger partial charge in [-0.3, -0.25) is 19.7 Å². The van der Waals surface area contributed by atoms with Gasteiger partial charge in [-0.15, -0.1) is 0 Å². The first-order valence-corrected chi connectivity index (χ1v) is 6.11. The molecule has 0 spiro atoms. The average Bonchev–Trinajstić information content (AvgIpc) is 2.33. The van der Waals surface area contributed by atoms with Crippen molar-refractivity contribution in [3.63, 3.8) is 0 Å². The molecule has 1 unspecified atom stereocenters. The lowest BCUT2D eigenvalue weighted by atomic mass is 10.1. The molecular formula is C11H10BrN3O3. The Morgan fingerprint density at radius 2 is 2.22 bits per heavy atom. The van der Waals surface area contributed by atoms with Crippen LogP contribution in [0.1, 0.15) is 23.2 Å². The van der Waals surface area contributed by atoms with Crippen molar-refractivity contribution in [3.8, 4) is 0 Å². The molecule has 1 fully saturated rings. The molecule has 7 heteroatoms. The summed E-state index contributed by atoms with van der Waals surface area (Å²) in [5.74, 6) is -1.16. The number of aromatic nitrogens is 1. The van der Waals surface area contributed by atoms with Crippen LogP contribution in [0.2, 0.25) is 0 Å². The van der Waals surface area contributed by atoms with E-state index in [4.69, 9.17) is 0 Å². The SMILES string of the molecule is O=C1CCC(NC(=O)c2ccc(Br)nc2)C(=O)N1. The van der Waals surface area contributed by atoms with Crippen LogP contribution in [0.4, 0.5) is 0 Å². The fourth-order valence-electron chi connectivity index (χ4n) is 1.58. The number of carbonyl (C=O) groups is 3. The highest BCUT2D eigenvalue weighted by atomic mass is 79.9. The summed E-state index contributed by atoms with van der Waals surface area (Å²) >= 11 is 3.16. The summed E-state index contributed by atoms with van der Waals surface area (Å²) in [4.78, 5) is 38.2. The lowest BCUT2D eigenvalue weighted by Gasteiger charge is -2.21. The molecule has 0 bridgehead atoms. The molecule has 3 amide bonds. The van der Waals surface area contributed by atoms with Gasteiger partial charge in [0.05, 0.1) is 5.56 Å². The van der Waals surface area contributed by atoms with Crippen molar-refractivity contribution in [3.05, 3.63) is 28.5 Å². The number of nitrogens with zero attached hydrogens (tertiary/aromatic N) is 1. The summed E-state index contributed by atoms with van der Waals surface area (Å²) in [6, 6.07) is 2.57. The zero-order chi connectivity index (χ0) is 13.1. The van der Waals surface area contributed by atoms with Crippen molar-refractivity contribution in [2.75, 3.05) is 0 Å². The normalized spacial score (nSPS) is 19.3. The number of amides is 3. The first kappa shape index (κ1) is 12.7. The molecule has 0 radical (unpaired) electrons. The molecule has 1 aliphatic heterocycles. The second-order valence-corrected chi connectivity index (χ2v) is 4.66. The molecule has 0 aromatic carbocycles. The van der Waals surface area contributed by atoms with Crippen molar-refractivity contribution in [1.29, 1.82) is 0 Å². The van der Waals surface area contributed by atoms with Crippen LogP contribution in [0.15, 0.2) is 22.9 Å². The van der Waals surface area contributed by atoms with Gasteiger partial charge >= 0.3 is 0 Å². The van der Waals surface area contributed by atoms with Crippen LogP contribution in [-0.4, -0.2) is 28.7 Å². The van der Waals surface area contributed by atoms with Crippen LogP contribution in [0.5, 0.6) is 0 Å². The van der Waals surface area contributed by atoms with Crippen molar-refractivity contribution < 1.29 is 14.4 Å². The maximum absolute atomic E-state index is 11.8. The summed E-state index contributed by atoms with van der Waals surface area (Å²) in [6.45, 7) is 0. The second kappa shape index (κ2) is 5.26. The molecule has 1 atom stereocenters. The summed E-state index contributed by atoms with van der Waals surface area (Å²) in [5, 5.41) is 4.75. The van der Waals surface area contributed by atoms with Crippen LogP contribution in [0, 0.1) is 0 Å². The molecule has 6 nitrogen and oxygen atoms in total. The lowest BCUT2D eigenvalue weighted by Crippen LogP contribution is -2.52. The minimum absolute atomic E-state index is 0.231. The third-order valence-electron chi connectivity index (χ3n) is 2.53. The largest absolute Gasteiger partial charge is 0.340 e. The van der Waals surface area contributed by atoms with E-state index in [0.717, 1.165) is 0 Å². The number of imide groups is 1. The first-order valence-electron chi connectivity index (χ1n) is 5.32. The molecule has 1 aliphatic rings. The van der Waals surface area contributed by atoms with Crippen molar-refractivity contribution >= 4 is 33.7 Å². The van der Waals surface area contributed by atoms with E-state index in [1.165, 1.54) is 6.20 Å². The van der Waals surface area contributed by atoms with Crippen molar-refractivity contribution in [1.82, 2.24) is 15.6 Å². The number of piperidine rings is 1. The molecule has 2 rings (SSSR count). The van der Waals surface area contributed by atoms with E-state index < -0.39 is 11.9 Å². The van der Waals surface area contributed by atoms with Gasteiger partial charge in [-0.1, -0.05) is 0 Å². The smallest absolute Gasteiger partial charge is 0.253 e. The molecule has 1 aromatic rings. The minimum atomic E-state index is -0.668. The number of halogens is 1. The number of hydrogen-bond donors (Lipinski definition) is 2. The second-order valence-electron chi connectivity index (χ2n) is 3.85. The van der Waals surface area contributed by atoms with E-state index in [9.17, 15) is 14.4 Å². The maximum atomic E-state index is 11.8. The molecular weight excluding hydrogens is 302 g/mol. The molecule has 0 saturated carbocycles. The third-order valence-corrected chi connectivity index (χ3v) is 3.00. The Bertz CT molecular complexity index is 501. The van der Waals surface area contributed by atoms with E-state index in [2.05, 4.69) is 31.5 Å². The van der Waals surface area contributed by atoms with Crippen LogP contribution >= 0.6 is 15.9 Å². The number of rotatable bonds is 2. The first-order chi connectivity index (χ1) is 8.56. The zero-order valence-corrected chi connectivity index (χ0v) is 10.9. The predicted octanol–water partition coefficient (Wildman–Crippen LogP) is 0.379. The lowest BCUT2D eigenvalue weighted by molar-refractivity contribution is -0.134. The molecule has 18 heavy (non-hydrogen) atoms. The molecule has 2 N–H and O–H groups in total. The van der Waals surface area contributed by atoms with Crippen LogP contribution in [0.25, 0.3) is 0 Å². The summed E-state index contributed by atoms with van der Waals surface area (Å²) in [7, 11) is 0. The number of pyridine rings is 1. The van der Waals surface area contributed by atoms with Gasteiger partial charge in [-0.2, -0.15) is 0 Å². The number of nitrogens with one attached hydrogen (secondary N) is 2. The zero-order valence-electron chi connectivity index (χ0n) is 9.27. The standard InChI is InChI=1S/C11H10BrN3O3/c12-8-3-1-6(5-13-8)10(17)14-7-2-4-9(16)15-11(7)18/h1,3,5,7H,2,4H2,(H,14,17)(H,15,16,18). The molecule has 0 aliphatic carbocycles. The summed E-state index contributed by atoms with van der Waals surface area (Å²) in [5.41, 5.74) is 0.364. The van der Waals surface area contributed by atoms with Crippen molar-refractivity contribution in [2.24, 2.45) is 0 Å². The van der Waals surface area contributed by atoms with E-state index in [0.29, 0.717) is 16.6 Å². The van der Waals surface area contributed by atoms with Gasteiger partial charge in [0, 0.05) is 12.6 Å². The average molecular weight is 312 g/mol. The van der Waals surface area contributed by atoms with E-state index in [1.54, 1.807) is 12.1 Å². The monoisotopic (exact) mass is 311 g/mol. The Balaban J connectivity index is 2.01. The predicted molar refractivity (Wildman–Crippen MR) is 65.6 cm³/mol. The molecule has 94 valence electrons. The van der Waals surface area contributed by atoms with E-state index in [-0.39, 0.29) is 18.2 Å². The Kier molecular flexibility index (Phi) is 3.71. The number of carbonyl (C=O) groups excluding carboxylic acids is 3.